The molecule has 0 amide bonds. The normalized spacial score (nSPS) is 11.5. The van der Waals surface area contributed by atoms with E-state index in [9.17, 15) is 0 Å². The monoisotopic (exact) mass is 809 g/mol. The lowest BCUT2D eigenvalue weighted by Crippen LogP contribution is -2.00. The van der Waals surface area contributed by atoms with Gasteiger partial charge in [0.2, 0.25) is 0 Å². The van der Waals surface area contributed by atoms with Gasteiger partial charge in [-0.3, -0.25) is 0 Å². The molecule has 290 valence electrons. The van der Waals surface area contributed by atoms with E-state index in [2.05, 4.69) is 188 Å². The highest BCUT2D eigenvalue weighted by atomic mass is 32.1. The van der Waals surface area contributed by atoms with Crippen LogP contribution in [0.4, 0.5) is 0 Å². The molecule has 0 aliphatic rings. The second-order valence-electron chi connectivity index (χ2n) is 15.6. The molecule has 0 unspecified atom stereocenters. The van der Waals surface area contributed by atoms with Crippen LogP contribution in [0.3, 0.4) is 0 Å². The maximum absolute atomic E-state index is 6.35. The molecular weight excluding hydrogens is 775 g/mol. The van der Waals surface area contributed by atoms with Crippen molar-refractivity contribution in [1.82, 2.24) is 15.0 Å². The largest absolute Gasteiger partial charge is 0.456 e. The third kappa shape index (κ3) is 6.35. The minimum absolute atomic E-state index is 0.575. The van der Waals surface area contributed by atoms with Gasteiger partial charge in [-0.05, 0) is 80.9 Å². The lowest BCUT2D eigenvalue weighted by atomic mass is 9.94. The summed E-state index contributed by atoms with van der Waals surface area (Å²) >= 11 is 1.86. The highest BCUT2D eigenvalue weighted by Gasteiger charge is 2.19. The fourth-order valence-electron chi connectivity index (χ4n) is 8.67. The number of hydrogen-bond acceptors (Lipinski definition) is 5. The highest BCUT2D eigenvalue weighted by molar-refractivity contribution is 7.26. The zero-order chi connectivity index (χ0) is 41.0. The Balaban J connectivity index is 1.06. The summed E-state index contributed by atoms with van der Waals surface area (Å²) in [6, 6.07) is 74.6. The minimum atomic E-state index is 0.575. The molecular formula is C57H35N3OS. The predicted octanol–water partition coefficient (Wildman–Crippen LogP) is 15.8. The van der Waals surface area contributed by atoms with Crippen molar-refractivity contribution >= 4 is 53.4 Å². The van der Waals surface area contributed by atoms with Crippen molar-refractivity contribution in [3.05, 3.63) is 212 Å². The molecule has 0 bridgehead atoms. The molecule has 62 heavy (non-hydrogen) atoms. The van der Waals surface area contributed by atoms with E-state index < -0.39 is 0 Å². The topological polar surface area (TPSA) is 51.8 Å². The van der Waals surface area contributed by atoms with Crippen LogP contribution in [0.15, 0.2) is 217 Å². The number of para-hydroxylation sites is 1. The zero-order valence-electron chi connectivity index (χ0n) is 33.4. The van der Waals surface area contributed by atoms with Gasteiger partial charge in [-0.15, -0.1) is 11.3 Å². The van der Waals surface area contributed by atoms with Crippen LogP contribution in [0.2, 0.25) is 0 Å². The summed E-state index contributed by atoms with van der Waals surface area (Å²) in [4.78, 5) is 15.7. The zero-order valence-corrected chi connectivity index (χ0v) is 34.2. The van der Waals surface area contributed by atoms with E-state index in [1.165, 1.54) is 36.9 Å². The molecule has 0 fully saturated rings. The number of nitrogens with zero attached hydrogens (tertiary/aromatic N) is 3. The summed E-state index contributed by atoms with van der Waals surface area (Å²) in [6.45, 7) is 0. The Morgan fingerprint density at radius 1 is 0.274 bits per heavy atom. The average molecular weight is 810 g/mol. The first-order valence-electron chi connectivity index (χ1n) is 20.7. The third-order valence-electron chi connectivity index (χ3n) is 11.7. The first-order chi connectivity index (χ1) is 30.7. The van der Waals surface area contributed by atoms with Crippen molar-refractivity contribution in [2.24, 2.45) is 0 Å². The fourth-order valence-corrected chi connectivity index (χ4v) is 10.0. The Bertz CT molecular complexity index is 3610. The van der Waals surface area contributed by atoms with E-state index in [0.29, 0.717) is 17.5 Å². The van der Waals surface area contributed by atoms with Crippen molar-refractivity contribution in [2.75, 3.05) is 0 Å². The Morgan fingerprint density at radius 3 is 1.40 bits per heavy atom. The second-order valence-corrected chi connectivity index (χ2v) is 16.6. The Labute approximate surface area is 362 Å². The van der Waals surface area contributed by atoms with Gasteiger partial charge in [0, 0.05) is 47.6 Å². The highest BCUT2D eigenvalue weighted by Crippen LogP contribution is 2.45. The molecule has 0 aliphatic carbocycles. The number of hydrogen-bond donors (Lipinski definition) is 0. The molecule has 4 nitrogen and oxygen atoms in total. The minimum Gasteiger partial charge on any atom is -0.456 e. The SMILES string of the molecule is c1ccc(-c2ccc(-c3nc(-c4cc(-c5ccccc5)cc(-c5cccc6c5sc5c(-c7ccccc7)cccc56)c4)nc(-c4ccc5c(c4)oc4ccccc45)n3)cc2)cc1. The molecule has 12 aromatic rings. The quantitative estimate of drug-likeness (QED) is 0.161. The maximum atomic E-state index is 6.35. The number of furan rings is 1. The van der Waals surface area contributed by atoms with Crippen LogP contribution in [-0.2, 0) is 0 Å². The molecule has 12 rings (SSSR count). The summed E-state index contributed by atoms with van der Waals surface area (Å²) < 4.78 is 8.88. The summed E-state index contributed by atoms with van der Waals surface area (Å²) in [5.74, 6) is 1.77. The molecule has 0 aliphatic heterocycles. The van der Waals surface area contributed by atoms with Crippen molar-refractivity contribution in [3.63, 3.8) is 0 Å². The lowest BCUT2D eigenvalue weighted by Gasteiger charge is -2.13. The summed E-state index contributed by atoms with van der Waals surface area (Å²) in [6.07, 6.45) is 0. The first kappa shape index (κ1) is 35.9. The summed E-state index contributed by atoms with van der Waals surface area (Å²) in [5, 5.41) is 4.65. The number of thiophene rings is 1. The van der Waals surface area contributed by atoms with Crippen LogP contribution in [0.25, 0.3) is 121 Å². The predicted molar refractivity (Wildman–Crippen MR) is 258 cm³/mol. The van der Waals surface area contributed by atoms with Gasteiger partial charge >= 0.3 is 0 Å². The smallest absolute Gasteiger partial charge is 0.164 e. The van der Waals surface area contributed by atoms with Crippen molar-refractivity contribution in [1.29, 1.82) is 0 Å². The van der Waals surface area contributed by atoms with Gasteiger partial charge in [-0.25, -0.2) is 15.0 Å². The molecule has 0 saturated heterocycles. The van der Waals surface area contributed by atoms with Crippen molar-refractivity contribution < 1.29 is 4.42 Å². The van der Waals surface area contributed by atoms with E-state index in [1.807, 2.05) is 35.6 Å². The van der Waals surface area contributed by atoms with Crippen LogP contribution in [0, 0.1) is 0 Å². The van der Waals surface area contributed by atoms with E-state index in [-0.39, 0.29) is 0 Å². The second kappa shape index (κ2) is 14.9. The molecule has 3 aromatic heterocycles. The van der Waals surface area contributed by atoms with Gasteiger partial charge in [0.15, 0.2) is 17.5 Å². The standard InChI is InChI=1S/C57H35N3OS/c1-4-14-36(15-5-1)38-26-28-40(29-27-38)55-58-56(41-30-31-48-47-20-10-11-25-51(47)61-52(48)35-41)60-57(59-55)44-33-42(37-16-6-2-7-17-37)32-43(34-44)46-22-13-24-50-49-23-12-21-45(53(49)62-54(46)50)39-18-8-3-9-19-39/h1-35H. The van der Waals surface area contributed by atoms with Crippen LogP contribution in [-0.4, -0.2) is 15.0 Å². The number of benzene rings is 9. The van der Waals surface area contributed by atoms with Crippen molar-refractivity contribution in [3.8, 4) is 78.7 Å². The van der Waals surface area contributed by atoms with Crippen LogP contribution in [0.1, 0.15) is 0 Å². The molecule has 0 atom stereocenters. The van der Waals surface area contributed by atoms with Gasteiger partial charge < -0.3 is 4.42 Å². The maximum Gasteiger partial charge on any atom is 0.164 e. The number of rotatable bonds is 7. The van der Waals surface area contributed by atoms with Gasteiger partial charge in [0.05, 0.1) is 0 Å². The third-order valence-corrected chi connectivity index (χ3v) is 13.0. The van der Waals surface area contributed by atoms with E-state index in [0.717, 1.165) is 66.4 Å². The van der Waals surface area contributed by atoms with Gasteiger partial charge in [-0.1, -0.05) is 176 Å². The lowest BCUT2D eigenvalue weighted by molar-refractivity contribution is 0.669. The fraction of sp³-hybridized carbons (Fsp3) is 0. The summed E-state index contributed by atoms with van der Waals surface area (Å²) in [5.41, 5.74) is 13.5. The van der Waals surface area contributed by atoms with Gasteiger partial charge in [-0.2, -0.15) is 0 Å². The van der Waals surface area contributed by atoms with E-state index >= 15 is 0 Å². The van der Waals surface area contributed by atoms with Gasteiger partial charge in [0.25, 0.3) is 0 Å². The first-order valence-corrected chi connectivity index (χ1v) is 21.6. The van der Waals surface area contributed by atoms with Crippen LogP contribution in [0.5, 0.6) is 0 Å². The van der Waals surface area contributed by atoms with Crippen LogP contribution >= 0.6 is 11.3 Å². The van der Waals surface area contributed by atoms with E-state index in [4.69, 9.17) is 19.4 Å². The molecule has 0 N–H and O–H groups in total. The Morgan fingerprint density at radius 2 is 0.726 bits per heavy atom. The van der Waals surface area contributed by atoms with Crippen molar-refractivity contribution in [2.45, 2.75) is 0 Å². The molecule has 5 heteroatoms. The van der Waals surface area contributed by atoms with E-state index in [1.54, 1.807) is 0 Å². The molecule has 0 spiro atoms. The molecule has 3 heterocycles. The number of aromatic nitrogens is 3. The Kier molecular flexibility index (Phi) is 8.65. The molecule has 9 aromatic carbocycles. The average Bonchev–Trinajstić information content (AvgIpc) is 3.93. The molecule has 0 radical (unpaired) electrons. The van der Waals surface area contributed by atoms with Gasteiger partial charge in [0.1, 0.15) is 11.2 Å². The summed E-state index contributed by atoms with van der Waals surface area (Å²) in [7, 11) is 0. The van der Waals surface area contributed by atoms with Crippen LogP contribution < -0.4 is 0 Å². The molecule has 0 saturated carbocycles. The number of fused-ring (bicyclic) bond motifs is 6. The Hall–Kier alpha value is -7.99.